The van der Waals surface area contributed by atoms with Crippen molar-refractivity contribution >= 4 is 17.0 Å². The zero-order valence-electron chi connectivity index (χ0n) is 14.0. The van der Waals surface area contributed by atoms with Crippen LogP contribution in [0.3, 0.4) is 0 Å². The van der Waals surface area contributed by atoms with E-state index in [1.165, 1.54) is 25.1 Å². The summed E-state index contributed by atoms with van der Waals surface area (Å²) in [6, 6.07) is 0. The molecule has 1 aliphatic heterocycles. The predicted octanol–water partition coefficient (Wildman–Crippen LogP) is 2.73. The third kappa shape index (κ3) is 2.74. The molecule has 1 aliphatic rings. The molecule has 1 fully saturated rings. The van der Waals surface area contributed by atoms with Crippen molar-refractivity contribution in [2.24, 2.45) is 0 Å². The summed E-state index contributed by atoms with van der Waals surface area (Å²) >= 11 is 0. The first-order valence-electron chi connectivity index (χ1n) is 8.77. The van der Waals surface area contributed by atoms with E-state index in [-0.39, 0.29) is 0 Å². The second-order valence-corrected chi connectivity index (χ2v) is 6.42. The van der Waals surface area contributed by atoms with Crippen LogP contribution in [-0.4, -0.2) is 42.6 Å². The molecule has 0 saturated carbocycles. The van der Waals surface area contributed by atoms with Crippen LogP contribution in [-0.2, 0) is 6.54 Å². The Morgan fingerprint density at radius 2 is 2.21 bits per heavy atom. The molecule has 0 spiro atoms. The molecule has 1 N–H and O–H groups in total. The van der Waals surface area contributed by atoms with Crippen molar-refractivity contribution in [2.45, 2.75) is 45.1 Å². The fraction of sp³-hybridized carbons (Fsp3) is 0.529. The molecule has 0 unspecified atom stereocenters. The second kappa shape index (κ2) is 6.59. The molecular weight excluding hydrogens is 302 g/mol. The normalized spacial score (nSPS) is 18.4. The molecule has 1 atom stereocenters. The lowest BCUT2D eigenvalue weighted by Crippen LogP contribution is -2.36. The van der Waals surface area contributed by atoms with E-state index in [2.05, 4.69) is 47.5 Å². The highest BCUT2D eigenvalue weighted by molar-refractivity contribution is 5.82. The zero-order chi connectivity index (χ0) is 16.4. The van der Waals surface area contributed by atoms with Crippen LogP contribution in [0.15, 0.2) is 25.0 Å². The van der Waals surface area contributed by atoms with Crippen molar-refractivity contribution < 1.29 is 0 Å². The van der Waals surface area contributed by atoms with Gasteiger partial charge in [0.1, 0.15) is 17.7 Å². The highest BCUT2D eigenvalue weighted by Gasteiger charge is 2.26. The molecule has 126 valence electrons. The van der Waals surface area contributed by atoms with Gasteiger partial charge in [-0.25, -0.2) is 19.9 Å². The van der Waals surface area contributed by atoms with Gasteiger partial charge in [-0.3, -0.25) is 0 Å². The summed E-state index contributed by atoms with van der Waals surface area (Å²) in [5.41, 5.74) is 1.65. The van der Waals surface area contributed by atoms with Gasteiger partial charge in [-0.2, -0.15) is 0 Å². The van der Waals surface area contributed by atoms with Gasteiger partial charge in [-0.1, -0.05) is 13.3 Å². The summed E-state index contributed by atoms with van der Waals surface area (Å²) in [5.74, 6) is 2.61. The molecule has 24 heavy (non-hydrogen) atoms. The lowest BCUT2D eigenvalue weighted by atomic mass is 9.97. The summed E-state index contributed by atoms with van der Waals surface area (Å²) in [7, 11) is 0. The van der Waals surface area contributed by atoms with Crippen molar-refractivity contribution in [1.29, 1.82) is 0 Å². The fourth-order valence-corrected chi connectivity index (χ4v) is 3.57. The lowest BCUT2D eigenvalue weighted by Gasteiger charge is -2.33. The molecule has 0 radical (unpaired) electrons. The third-order valence-electron chi connectivity index (χ3n) is 4.79. The van der Waals surface area contributed by atoms with Gasteiger partial charge in [0.2, 0.25) is 0 Å². The number of nitrogens with zero attached hydrogens (tertiary/aromatic N) is 6. The van der Waals surface area contributed by atoms with E-state index < -0.39 is 0 Å². The number of anilines is 1. The summed E-state index contributed by atoms with van der Waals surface area (Å²) in [4.78, 5) is 23.1. The number of rotatable bonds is 5. The number of nitrogens with one attached hydrogen (secondary N) is 1. The van der Waals surface area contributed by atoms with E-state index in [0.717, 1.165) is 43.0 Å². The number of hydrogen-bond acceptors (Lipinski definition) is 5. The minimum absolute atomic E-state index is 0.443. The average molecular weight is 325 g/mol. The highest BCUT2D eigenvalue weighted by atomic mass is 15.2. The quantitative estimate of drug-likeness (QED) is 0.780. The maximum atomic E-state index is 4.66. The van der Waals surface area contributed by atoms with E-state index in [1.807, 2.05) is 6.20 Å². The Morgan fingerprint density at radius 3 is 3.12 bits per heavy atom. The van der Waals surface area contributed by atoms with Crippen molar-refractivity contribution in [3.8, 4) is 0 Å². The van der Waals surface area contributed by atoms with Gasteiger partial charge in [0.05, 0.1) is 6.33 Å². The fourth-order valence-electron chi connectivity index (χ4n) is 3.57. The first kappa shape index (κ1) is 15.1. The molecule has 3 aromatic rings. The van der Waals surface area contributed by atoms with Crippen molar-refractivity contribution in [3.05, 3.63) is 30.9 Å². The molecule has 4 rings (SSSR count). The maximum Gasteiger partial charge on any atom is 0.182 e. The Hall–Kier alpha value is -2.44. The van der Waals surface area contributed by atoms with E-state index >= 15 is 0 Å². The summed E-state index contributed by atoms with van der Waals surface area (Å²) in [6.45, 7) is 5.23. The Balaban J connectivity index is 1.58. The Morgan fingerprint density at radius 1 is 1.25 bits per heavy atom. The van der Waals surface area contributed by atoms with Crippen LogP contribution in [0.25, 0.3) is 11.2 Å². The van der Waals surface area contributed by atoms with Gasteiger partial charge < -0.3 is 14.5 Å². The molecule has 3 aromatic heterocycles. The topological polar surface area (TPSA) is 75.5 Å². The van der Waals surface area contributed by atoms with E-state index in [1.54, 1.807) is 12.7 Å². The van der Waals surface area contributed by atoms with Gasteiger partial charge in [-0.05, 0) is 19.3 Å². The monoisotopic (exact) mass is 325 g/mol. The molecule has 0 amide bonds. The smallest absolute Gasteiger partial charge is 0.182 e. The van der Waals surface area contributed by atoms with Gasteiger partial charge >= 0.3 is 0 Å². The van der Waals surface area contributed by atoms with E-state index in [9.17, 15) is 0 Å². The van der Waals surface area contributed by atoms with Crippen LogP contribution >= 0.6 is 0 Å². The average Bonchev–Trinajstić information content (AvgIpc) is 3.28. The number of H-pyrrole nitrogens is 1. The first-order chi connectivity index (χ1) is 11.9. The van der Waals surface area contributed by atoms with Gasteiger partial charge in [-0.15, -0.1) is 0 Å². The molecule has 0 bridgehead atoms. The number of aromatic amines is 1. The van der Waals surface area contributed by atoms with Crippen molar-refractivity contribution in [1.82, 2.24) is 29.5 Å². The molecule has 0 aliphatic carbocycles. The molecule has 7 heteroatoms. The van der Waals surface area contributed by atoms with Crippen LogP contribution in [0.4, 0.5) is 5.82 Å². The largest absolute Gasteiger partial charge is 0.354 e. The maximum absolute atomic E-state index is 4.66. The Kier molecular flexibility index (Phi) is 4.15. The number of fused-ring (bicyclic) bond motifs is 1. The van der Waals surface area contributed by atoms with E-state index in [0.29, 0.717) is 5.92 Å². The molecule has 0 aromatic carbocycles. The second-order valence-electron chi connectivity index (χ2n) is 6.42. The number of aryl methyl sites for hydroxylation is 1. The zero-order valence-corrected chi connectivity index (χ0v) is 14.0. The standard InChI is InChI=1S/C17H23N7/c1-2-3-7-23-9-6-18-16(23)13-5-4-8-24(10-13)17-14-15(20-11-19-14)21-12-22-17/h6,9,11-13H,2-5,7-8,10H2,1H3,(H,19,20,21,22)/t13-/m0/s1. The van der Waals surface area contributed by atoms with Gasteiger partial charge in [0.25, 0.3) is 0 Å². The van der Waals surface area contributed by atoms with Gasteiger partial charge in [0, 0.05) is 37.9 Å². The molecular formula is C17H23N7. The Labute approximate surface area is 141 Å². The number of unbranched alkanes of at least 4 members (excludes halogenated alkanes) is 1. The predicted molar refractivity (Wildman–Crippen MR) is 93.0 cm³/mol. The number of imidazole rings is 2. The van der Waals surface area contributed by atoms with Crippen LogP contribution in [0, 0.1) is 0 Å². The number of aromatic nitrogens is 6. The van der Waals surface area contributed by atoms with Crippen LogP contribution < -0.4 is 4.90 Å². The van der Waals surface area contributed by atoms with Crippen LogP contribution in [0.1, 0.15) is 44.3 Å². The minimum Gasteiger partial charge on any atom is -0.354 e. The minimum atomic E-state index is 0.443. The number of piperidine rings is 1. The first-order valence-corrected chi connectivity index (χ1v) is 8.77. The number of hydrogen-bond donors (Lipinski definition) is 1. The van der Waals surface area contributed by atoms with Crippen molar-refractivity contribution in [3.63, 3.8) is 0 Å². The molecule has 7 nitrogen and oxygen atoms in total. The molecule has 1 saturated heterocycles. The van der Waals surface area contributed by atoms with Crippen LogP contribution in [0.2, 0.25) is 0 Å². The SMILES string of the molecule is CCCCn1ccnc1[C@H]1CCCN(c2ncnc3nc[nH]c23)C1. The Bertz CT molecular complexity index is 806. The summed E-state index contributed by atoms with van der Waals surface area (Å²) < 4.78 is 2.32. The summed E-state index contributed by atoms with van der Waals surface area (Å²) in [6.07, 6.45) is 12.0. The summed E-state index contributed by atoms with van der Waals surface area (Å²) in [5, 5.41) is 0. The van der Waals surface area contributed by atoms with E-state index in [4.69, 9.17) is 0 Å². The lowest BCUT2D eigenvalue weighted by molar-refractivity contribution is 0.464. The third-order valence-corrected chi connectivity index (χ3v) is 4.79. The van der Waals surface area contributed by atoms with Gasteiger partial charge in [0.15, 0.2) is 11.5 Å². The molecule has 4 heterocycles. The van der Waals surface area contributed by atoms with Crippen molar-refractivity contribution in [2.75, 3.05) is 18.0 Å². The van der Waals surface area contributed by atoms with Crippen LogP contribution in [0.5, 0.6) is 0 Å². The highest BCUT2D eigenvalue weighted by Crippen LogP contribution is 2.30.